The largest absolute Gasteiger partial charge is 0.353 e. The predicted octanol–water partition coefficient (Wildman–Crippen LogP) is 8.34. The average Bonchev–Trinajstić information content (AvgIpc) is 2.34. The lowest BCUT2D eigenvalue weighted by atomic mass is 9.86. The van der Waals surface area contributed by atoms with E-state index in [1.807, 2.05) is 27.7 Å². The van der Waals surface area contributed by atoms with Gasteiger partial charge in [-0.1, -0.05) is 81.6 Å². The first kappa shape index (κ1) is 30.6. The molecule has 0 aromatic rings. The fraction of sp³-hybridized carbons (Fsp3) is 1.00. The Labute approximate surface area is 167 Å². The molecular formula is C24H54O2. The minimum atomic E-state index is 0.267. The van der Waals surface area contributed by atoms with E-state index in [9.17, 15) is 0 Å². The number of hydrogen-bond donors (Lipinski definition) is 0. The van der Waals surface area contributed by atoms with E-state index in [4.69, 9.17) is 9.47 Å². The van der Waals surface area contributed by atoms with Crippen LogP contribution < -0.4 is 0 Å². The molecule has 0 unspecified atom stereocenters. The van der Waals surface area contributed by atoms with E-state index >= 15 is 0 Å². The van der Waals surface area contributed by atoms with Crippen LogP contribution in [0.1, 0.15) is 116 Å². The summed E-state index contributed by atoms with van der Waals surface area (Å²) >= 11 is 0. The van der Waals surface area contributed by atoms with Crippen LogP contribution in [0.25, 0.3) is 0 Å². The number of hydrogen-bond acceptors (Lipinski definition) is 2. The Balaban J connectivity index is -0.000000306. The first-order valence-electron chi connectivity index (χ1n) is 10.9. The van der Waals surface area contributed by atoms with Crippen molar-refractivity contribution in [3.8, 4) is 0 Å². The zero-order valence-electron chi connectivity index (χ0n) is 20.7. The van der Waals surface area contributed by atoms with Crippen molar-refractivity contribution in [3.63, 3.8) is 0 Å². The second-order valence-corrected chi connectivity index (χ2v) is 10.4. The third kappa shape index (κ3) is 43.9. The molecule has 0 amide bonds. The Morgan fingerprint density at radius 2 is 0.923 bits per heavy atom. The standard InChI is InChI=1S/C9H20.C8H18.C7H16O2/c1-8(2)6-5-7-9(3)4;1-7(2)6-8(3,4)5;1-6(2)8-5-9-7(3)4/h8-9H,5-7H2,1-4H3;7H,6H2,1-5H3;6-7H,5H2,1-4H3. The zero-order chi connectivity index (χ0) is 21.3. The van der Waals surface area contributed by atoms with Gasteiger partial charge in [-0.25, -0.2) is 0 Å². The average molecular weight is 375 g/mol. The van der Waals surface area contributed by atoms with Crippen LogP contribution in [-0.4, -0.2) is 19.0 Å². The van der Waals surface area contributed by atoms with Crippen molar-refractivity contribution in [3.05, 3.63) is 0 Å². The second-order valence-electron chi connectivity index (χ2n) is 10.4. The highest BCUT2D eigenvalue weighted by Crippen LogP contribution is 2.23. The monoisotopic (exact) mass is 374 g/mol. The quantitative estimate of drug-likeness (QED) is 0.377. The Bertz CT molecular complexity index is 226. The summed E-state index contributed by atoms with van der Waals surface area (Å²) in [5.74, 6) is 2.63. The molecule has 0 radical (unpaired) electrons. The van der Waals surface area contributed by atoms with Gasteiger partial charge in [0.05, 0.1) is 12.2 Å². The predicted molar refractivity (Wildman–Crippen MR) is 120 cm³/mol. The fourth-order valence-electron chi connectivity index (χ4n) is 2.47. The topological polar surface area (TPSA) is 18.5 Å². The molecule has 0 saturated carbocycles. The summed E-state index contributed by atoms with van der Waals surface area (Å²) in [6.45, 7) is 28.9. The van der Waals surface area contributed by atoms with E-state index in [1.165, 1.54) is 25.7 Å². The van der Waals surface area contributed by atoms with Crippen LogP contribution >= 0.6 is 0 Å². The summed E-state index contributed by atoms with van der Waals surface area (Å²) in [6, 6.07) is 0. The van der Waals surface area contributed by atoms with Crippen molar-refractivity contribution in [2.24, 2.45) is 23.2 Å². The Kier molecular flexibility index (Phi) is 21.6. The molecule has 0 rings (SSSR count). The molecule has 0 aromatic heterocycles. The molecule has 0 fully saturated rings. The smallest absolute Gasteiger partial charge is 0.147 e. The van der Waals surface area contributed by atoms with Gasteiger partial charge in [0.25, 0.3) is 0 Å². The normalized spacial score (nSPS) is 11.8. The van der Waals surface area contributed by atoms with Crippen molar-refractivity contribution in [1.82, 2.24) is 0 Å². The third-order valence-corrected chi connectivity index (χ3v) is 3.39. The summed E-state index contributed by atoms with van der Waals surface area (Å²) in [5, 5.41) is 0. The van der Waals surface area contributed by atoms with E-state index in [0.717, 1.165) is 17.8 Å². The van der Waals surface area contributed by atoms with Crippen molar-refractivity contribution in [2.45, 2.75) is 128 Å². The van der Waals surface area contributed by atoms with E-state index in [2.05, 4.69) is 62.3 Å². The first-order valence-corrected chi connectivity index (χ1v) is 10.9. The molecular weight excluding hydrogens is 320 g/mol. The molecule has 0 aliphatic rings. The maximum Gasteiger partial charge on any atom is 0.147 e. The molecule has 2 nitrogen and oxygen atoms in total. The van der Waals surface area contributed by atoms with Crippen LogP contribution in [0.4, 0.5) is 0 Å². The molecule has 0 spiro atoms. The Hall–Kier alpha value is -0.0800. The highest BCUT2D eigenvalue weighted by molar-refractivity contribution is 4.62. The van der Waals surface area contributed by atoms with Crippen molar-refractivity contribution >= 4 is 0 Å². The molecule has 0 aromatic carbocycles. The molecule has 2 heteroatoms. The van der Waals surface area contributed by atoms with Crippen LogP contribution in [0.3, 0.4) is 0 Å². The third-order valence-electron chi connectivity index (χ3n) is 3.39. The van der Waals surface area contributed by atoms with Gasteiger partial charge in [0.1, 0.15) is 6.79 Å². The van der Waals surface area contributed by atoms with Gasteiger partial charge in [-0.05, 0) is 57.3 Å². The second kappa shape index (κ2) is 18.3. The SMILES string of the molecule is CC(C)CC(C)(C)C.CC(C)CCCC(C)C.CC(C)OCOC(C)C. The van der Waals surface area contributed by atoms with Crippen molar-refractivity contribution < 1.29 is 9.47 Å². The van der Waals surface area contributed by atoms with Gasteiger partial charge in [-0.3, -0.25) is 0 Å². The van der Waals surface area contributed by atoms with Gasteiger partial charge in [0, 0.05) is 0 Å². The molecule has 0 bridgehead atoms. The van der Waals surface area contributed by atoms with E-state index in [1.54, 1.807) is 0 Å². The van der Waals surface area contributed by atoms with Gasteiger partial charge in [0.2, 0.25) is 0 Å². The summed E-state index contributed by atoms with van der Waals surface area (Å²) < 4.78 is 10.3. The van der Waals surface area contributed by atoms with Gasteiger partial charge in [-0.15, -0.1) is 0 Å². The molecule has 0 atom stereocenters. The Morgan fingerprint density at radius 3 is 1.08 bits per heavy atom. The molecule has 0 heterocycles. The fourth-order valence-corrected chi connectivity index (χ4v) is 2.47. The van der Waals surface area contributed by atoms with Gasteiger partial charge >= 0.3 is 0 Å². The van der Waals surface area contributed by atoms with Crippen molar-refractivity contribution in [2.75, 3.05) is 6.79 Å². The summed E-state index contributed by atoms with van der Waals surface area (Å²) in [7, 11) is 0. The van der Waals surface area contributed by atoms with Crippen LogP contribution in [0.2, 0.25) is 0 Å². The van der Waals surface area contributed by atoms with Gasteiger partial charge in [-0.2, -0.15) is 0 Å². The maximum atomic E-state index is 5.13. The lowest BCUT2D eigenvalue weighted by Crippen LogP contribution is -2.11. The molecule has 0 saturated heterocycles. The van der Waals surface area contributed by atoms with Crippen LogP contribution in [0.15, 0.2) is 0 Å². The molecule has 0 N–H and O–H groups in total. The molecule has 162 valence electrons. The highest BCUT2D eigenvalue weighted by Gasteiger charge is 2.11. The molecule has 0 aliphatic carbocycles. The van der Waals surface area contributed by atoms with Gasteiger partial charge < -0.3 is 9.47 Å². The van der Waals surface area contributed by atoms with Crippen molar-refractivity contribution in [1.29, 1.82) is 0 Å². The number of ether oxygens (including phenoxy) is 2. The lowest BCUT2D eigenvalue weighted by molar-refractivity contribution is -0.0994. The van der Waals surface area contributed by atoms with E-state index < -0.39 is 0 Å². The summed E-state index contributed by atoms with van der Waals surface area (Å²) in [6.07, 6.45) is 6.08. The minimum absolute atomic E-state index is 0.267. The van der Waals surface area contributed by atoms with Crippen LogP contribution in [-0.2, 0) is 9.47 Å². The maximum absolute atomic E-state index is 5.13. The van der Waals surface area contributed by atoms with Crippen LogP contribution in [0, 0.1) is 23.2 Å². The minimum Gasteiger partial charge on any atom is -0.353 e. The summed E-state index contributed by atoms with van der Waals surface area (Å²) in [5.41, 5.74) is 0.522. The van der Waals surface area contributed by atoms with Crippen LogP contribution in [0.5, 0.6) is 0 Å². The molecule has 0 aliphatic heterocycles. The zero-order valence-corrected chi connectivity index (χ0v) is 20.7. The lowest BCUT2D eigenvalue weighted by Gasteiger charge is -2.19. The highest BCUT2D eigenvalue weighted by atomic mass is 16.7. The van der Waals surface area contributed by atoms with E-state index in [-0.39, 0.29) is 12.2 Å². The first-order chi connectivity index (χ1) is 11.7. The Morgan fingerprint density at radius 1 is 0.577 bits per heavy atom. The van der Waals surface area contributed by atoms with E-state index in [0.29, 0.717) is 12.2 Å². The molecule has 26 heavy (non-hydrogen) atoms. The summed E-state index contributed by atoms with van der Waals surface area (Å²) in [4.78, 5) is 0. The number of rotatable bonds is 9. The van der Waals surface area contributed by atoms with Gasteiger partial charge in [0.15, 0.2) is 0 Å².